The van der Waals surface area contributed by atoms with E-state index < -0.39 is 17.4 Å². The van der Waals surface area contributed by atoms with Gasteiger partial charge in [-0.25, -0.2) is 0 Å². The topological polar surface area (TPSA) is 105 Å². The van der Waals surface area contributed by atoms with Crippen molar-refractivity contribution in [2.45, 2.75) is 33.0 Å². The molecule has 1 aliphatic heterocycles. The lowest BCUT2D eigenvalue weighted by molar-refractivity contribution is -0.132. The zero-order valence-electron chi connectivity index (χ0n) is 19.8. The molecule has 2 aromatic carbocycles. The minimum atomic E-state index is -2.04. The standard InChI is InChI=1S/C25H32ClN3O5/c1-4-28(5-2)11-12-29-21-14-18(23(27)30)13-20(26)22(21)25(32,24(29)31)19-10-8-7-9-17(19)15-34-16-33-6-3/h7-10,13-14,32H,4-6,11-12,15-16H2,1-3H3,(H2,27,30). The van der Waals surface area contributed by atoms with Gasteiger partial charge in [0, 0.05) is 36.4 Å². The number of anilines is 1. The predicted molar refractivity (Wildman–Crippen MR) is 131 cm³/mol. The van der Waals surface area contributed by atoms with Crippen LogP contribution in [0.3, 0.4) is 0 Å². The molecule has 0 fully saturated rings. The zero-order valence-corrected chi connectivity index (χ0v) is 20.6. The summed E-state index contributed by atoms with van der Waals surface area (Å²) < 4.78 is 10.8. The number of rotatable bonds is 12. The molecule has 8 nitrogen and oxygen atoms in total. The molecule has 0 saturated carbocycles. The Kier molecular flexibility index (Phi) is 8.67. The summed E-state index contributed by atoms with van der Waals surface area (Å²) >= 11 is 6.59. The largest absolute Gasteiger partial charge is 0.372 e. The van der Waals surface area contributed by atoms with Gasteiger partial charge in [0.05, 0.1) is 17.3 Å². The van der Waals surface area contributed by atoms with Crippen LogP contribution in [0.5, 0.6) is 0 Å². The first kappa shape index (κ1) is 26.1. The molecule has 0 aliphatic carbocycles. The number of benzene rings is 2. The van der Waals surface area contributed by atoms with E-state index in [4.69, 9.17) is 26.8 Å². The van der Waals surface area contributed by atoms with Crippen molar-refractivity contribution in [1.29, 1.82) is 0 Å². The Labute approximate surface area is 205 Å². The number of primary amides is 1. The third-order valence-electron chi connectivity index (χ3n) is 6.13. The summed E-state index contributed by atoms with van der Waals surface area (Å²) in [5, 5.41) is 12.1. The summed E-state index contributed by atoms with van der Waals surface area (Å²) in [5.74, 6) is -1.20. The van der Waals surface area contributed by atoms with Gasteiger partial charge in [0.1, 0.15) is 6.79 Å². The molecule has 0 bridgehead atoms. The lowest BCUT2D eigenvalue weighted by Crippen LogP contribution is -2.44. The van der Waals surface area contributed by atoms with Crippen LogP contribution in [0, 0.1) is 0 Å². The number of likely N-dealkylation sites (N-methyl/N-ethyl adjacent to an activating group) is 1. The fourth-order valence-electron chi connectivity index (χ4n) is 4.26. The van der Waals surface area contributed by atoms with Gasteiger partial charge in [0.15, 0.2) is 5.60 Å². The van der Waals surface area contributed by atoms with Crippen LogP contribution < -0.4 is 10.6 Å². The monoisotopic (exact) mass is 489 g/mol. The molecule has 1 heterocycles. The second kappa shape index (κ2) is 11.3. The van der Waals surface area contributed by atoms with Crippen molar-refractivity contribution in [3.8, 4) is 0 Å². The number of nitrogens with two attached hydrogens (primary N) is 1. The van der Waals surface area contributed by atoms with E-state index in [9.17, 15) is 14.7 Å². The van der Waals surface area contributed by atoms with Crippen LogP contribution in [-0.2, 0) is 26.5 Å². The molecule has 1 atom stereocenters. The van der Waals surface area contributed by atoms with Crippen LogP contribution in [0.1, 0.15) is 47.8 Å². The maximum absolute atomic E-state index is 13.9. The average Bonchev–Trinajstić information content (AvgIpc) is 3.05. The van der Waals surface area contributed by atoms with E-state index in [1.807, 2.05) is 26.8 Å². The molecule has 3 rings (SSSR count). The Bertz CT molecular complexity index is 1040. The number of hydrogen-bond donors (Lipinski definition) is 2. The van der Waals surface area contributed by atoms with E-state index >= 15 is 0 Å². The third-order valence-corrected chi connectivity index (χ3v) is 6.43. The molecular weight excluding hydrogens is 458 g/mol. The van der Waals surface area contributed by atoms with Gasteiger partial charge in [-0.05, 0) is 37.7 Å². The van der Waals surface area contributed by atoms with Crippen LogP contribution in [0.25, 0.3) is 0 Å². The van der Waals surface area contributed by atoms with Crippen LogP contribution in [0.15, 0.2) is 36.4 Å². The first-order valence-electron chi connectivity index (χ1n) is 11.4. The zero-order chi connectivity index (χ0) is 24.9. The molecule has 34 heavy (non-hydrogen) atoms. The van der Waals surface area contributed by atoms with Gasteiger partial charge in [-0.1, -0.05) is 49.7 Å². The molecule has 0 spiro atoms. The van der Waals surface area contributed by atoms with Crippen molar-refractivity contribution >= 4 is 29.1 Å². The van der Waals surface area contributed by atoms with E-state index in [1.165, 1.54) is 17.0 Å². The number of ether oxygens (including phenoxy) is 2. The van der Waals surface area contributed by atoms with E-state index in [1.54, 1.807) is 18.2 Å². The van der Waals surface area contributed by atoms with Crippen LogP contribution >= 0.6 is 11.6 Å². The number of aliphatic hydroxyl groups is 1. The van der Waals surface area contributed by atoms with Gasteiger partial charge >= 0.3 is 0 Å². The quantitative estimate of drug-likeness (QED) is 0.351. The normalized spacial score (nSPS) is 17.5. The highest BCUT2D eigenvalue weighted by atomic mass is 35.5. The summed E-state index contributed by atoms with van der Waals surface area (Å²) in [6.45, 7) is 9.23. The van der Waals surface area contributed by atoms with Crippen LogP contribution in [-0.4, -0.2) is 61.4 Å². The Morgan fingerprint density at radius 1 is 1.18 bits per heavy atom. The second-order valence-electron chi connectivity index (χ2n) is 8.03. The summed E-state index contributed by atoms with van der Waals surface area (Å²) in [6.07, 6.45) is 0. The van der Waals surface area contributed by atoms with Gasteiger partial charge in [0.2, 0.25) is 5.91 Å². The number of hydrogen-bond acceptors (Lipinski definition) is 6. The smallest absolute Gasteiger partial charge is 0.268 e. The first-order valence-corrected chi connectivity index (χ1v) is 11.8. The van der Waals surface area contributed by atoms with Crippen molar-refractivity contribution < 1.29 is 24.2 Å². The number of halogens is 1. The van der Waals surface area contributed by atoms with Crippen molar-refractivity contribution in [3.63, 3.8) is 0 Å². The van der Waals surface area contributed by atoms with Crippen LogP contribution in [0.2, 0.25) is 5.02 Å². The molecule has 184 valence electrons. The summed E-state index contributed by atoms with van der Waals surface area (Å²) in [6, 6.07) is 9.95. The predicted octanol–water partition coefficient (Wildman–Crippen LogP) is 2.87. The second-order valence-corrected chi connectivity index (χ2v) is 8.43. The lowest BCUT2D eigenvalue weighted by Gasteiger charge is -2.27. The molecule has 2 aromatic rings. The summed E-state index contributed by atoms with van der Waals surface area (Å²) in [5.41, 5.74) is 5.25. The minimum Gasteiger partial charge on any atom is -0.372 e. The Morgan fingerprint density at radius 3 is 2.53 bits per heavy atom. The maximum Gasteiger partial charge on any atom is 0.268 e. The van der Waals surface area contributed by atoms with E-state index in [0.29, 0.717) is 36.5 Å². The Hall–Kier alpha value is -2.49. The lowest BCUT2D eigenvalue weighted by atomic mass is 9.84. The number of fused-ring (bicyclic) bond motifs is 1. The van der Waals surface area contributed by atoms with Gasteiger partial charge < -0.3 is 30.1 Å². The van der Waals surface area contributed by atoms with E-state index in [2.05, 4.69) is 4.90 Å². The average molecular weight is 490 g/mol. The highest BCUT2D eigenvalue weighted by Gasteiger charge is 2.53. The number of carbonyl (C=O) groups excluding carboxylic acids is 2. The molecular formula is C25H32ClN3O5. The number of nitrogens with zero attached hydrogens (tertiary/aromatic N) is 2. The highest BCUT2D eigenvalue weighted by Crippen LogP contribution is 2.49. The Morgan fingerprint density at radius 2 is 1.88 bits per heavy atom. The van der Waals surface area contributed by atoms with Crippen molar-refractivity contribution in [1.82, 2.24) is 4.90 Å². The number of amides is 2. The molecule has 0 radical (unpaired) electrons. The van der Waals surface area contributed by atoms with Gasteiger partial charge in [0.25, 0.3) is 5.91 Å². The molecule has 9 heteroatoms. The Balaban J connectivity index is 2.11. The van der Waals surface area contributed by atoms with Gasteiger partial charge in [-0.2, -0.15) is 0 Å². The maximum atomic E-state index is 13.9. The first-order chi connectivity index (χ1) is 16.3. The van der Waals surface area contributed by atoms with Crippen molar-refractivity contribution in [3.05, 3.63) is 63.7 Å². The minimum absolute atomic E-state index is 0.0898. The molecule has 0 saturated heterocycles. The summed E-state index contributed by atoms with van der Waals surface area (Å²) in [4.78, 5) is 29.4. The highest BCUT2D eigenvalue weighted by molar-refractivity contribution is 6.33. The molecule has 1 aliphatic rings. The fraction of sp³-hybridized carbons (Fsp3) is 0.440. The molecule has 1 unspecified atom stereocenters. The van der Waals surface area contributed by atoms with E-state index in [-0.39, 0.29) is 29.5 Å². The fourth-order valence-corrected chi connectivity index (χ4v) is 4.61. The van der Waals surface area contributed by atoms with Crippen molar-refractivity contribution in [2.75, 3.05) is 44.5 Å². The molecule has 0 aromatic heterocycles. The van der Waals surface area contributed by atoms with E-state index in [0.717, 1.165) is 13.1 Å². The summed E-state index contributed by atoms with van der Waals surface area (Å²) in [7, 11) is 0. The van der Waals surface area contributed by atoms with Crippen LogP contribution in [0.4, 0.5) is 5.69 Å². The third kappa shape index (κ3) is 4.96. The number of carbonyl (C=O) groups is 2. The SMILES string of the molecule is CCOCOCc1ccccc1C1(O)C(=O)N(CCN(CC)CC)c2cc(C(N)=O)cc(Cl)c21. The van der Waals surface area contributed by atoms with Gasteiger partial charge in [-0.3, -0.25) is 9.59 Å². The van der Waals surface area contributed by atoms with Gasteiger partial charge in [-0.15, -0.1) is 0 Å². The molecule has 3 N–H and O–H groups in total. The van der Waals surface area contributed by atoms with Crippen molar-refractivity contribution in [2.24, 2.45) is 5.73 Å². The molecule has 2 amide bonds.